The molecule has 2 aliphatic heterocycles. The van der Waals surface area contributed by atoms with Gasteiger partial charge in [-0.2, -0.15) is 0 Å². The van der Waals surface area contributed by atoms with E-state index in [4.69, 9.17) is 18.9 Å². The van der Waals surface area contributed by atoms with Gasteiger partial charge in [-0.15, -0.1) is 0 Å². The molecule has 6 nitrogen and oxygen atoms in total. The zero-order valence-corrected chi connectivity index (χ0v) is 15.7. The van der Waals surface area contributed by atoms with Gasteiger partial charge < -0.3 is 24.3 Å². The fourth-order valence-electron chi connectivity index (χ4n) is 3.61. The first-order chi connectivity index (χ1) is 14.1. The zero-order chi connectivity index (χ0) is 20.3. The molecular weight excluding hydrogens is 384 g/mol. The number of fused-ring (bicyclic) bond motifs is 1. The van der Waals surface area contributed by atoms with E-state index in [9.17, 15) is 13.6 Å². The van der Waals surface area contributed by atoms with Crippen molar-refractivity contribution in [2.24, 2.45) is 0 Å². The molecule has 0 aromatic heterocycles. The van der Waals surface area contributed by atoms with Gasteiger partial charge in [0.25, 0.3) is 5.91 Å². The average molecular weight is 405 g/mol. The summed E-state index contributed by atoms with van der Waals surface area (Å²) in [5.74, 6) is -0.716. The smallest absolute Gasteiger partial charge is 0.257 e. The molecule has 2 aromatic carbocycles. The molecule has 8 heteroatoms. The maximum absolute atomic E-state index is 13.6. The molecule has 29 heavy (non-hydrogen) atoms. The molecule has 2 aromatic rings. The van der Waals surface area contributed by atoms with Gasteiger partial charge in [0, 0.05) is 31.2 Å². The van der Waals surface area contributed by atoms with Crippen molar-refractivity contribution < 1.29 is 32.5 Å². The predicted octanol–water partition coefficient (Wildman–Crippen LogP) is 2.94. The van der Waals surface area contributed by atoms with Crippen LogP contribution in [0.4, 0.5) is 8.78 Å². The van der Waals surface area contributed by atoms with E-state index in [1.54, 1.807) is 0 Å². The first-order valence-corrected chi connectivity index (χ1v) is 9.38. The van der Waals surface area contributed by atoms with Crippen LogP contribution in [0.3, 0.4) is 0 Å². The number of amides is 1. The highest BCUT2D eigenvalue weighted by Gasteiger charge is 2.36. The quantitative estimate of drug-likeness (QED) is 0.801. The summed E-state index contributed by atoms with van der Waals surface area (Å²) in [7, 11) is 0. The van der Waals surface area contributed by atoms with E-state index in [0.717, 1.165) is 30.5 Å². The van der Waals surface area contributed by atoms with Gasteiger partial charge in [-0.05, 0) is 42.7 Å². The number of rotatable bonds is 6. The third-order valence-electron chi connectivity index (χ3n) is 5.31. The summed E-state index contributed by atoms with van der Waals surface area (Å²) < 4.78 is 48.1. The second-order valence-corrected chi connectivity index (χ2v) is 7.10. The topological polar surface area (TPSA) is 66.0 Å². The lowest BCUT2D eigenvalue weighted by molar-refractivity contribution is -0.123. The second-order valence-electron chi connectivity index (χ2n) is 7.10. The molecule has 0 atom stereocenters. The van der Waals surface area contributed by atoms with Gasteiger partial charge in [0.1, 0.15) is 5.82 Å². The molecule has 0 radical (unpaired) electrons. The number of hydrogen-bond donors (Lipinski definition) is 1. The molecule has 1 saturated heterocycles. The summed E-state index contributed by atoms with van der Waals surface area (Å²) in [6, 6.07) is 8.75. The Kier molecular flexibility index (Phi) is 5.53. The van der Waals surface area contributed by atoms with E-state index < -0.39 is 11.6 Å². The highest BCUT2D eigenvalue weighted by atomic mass is 19.1. The Hall–Kier alpha value is -2.87. The van der Waals surface area contributed by atoms with Gasteiger partial charge in [-0.3, -0.25) is 4.79 Å². The molecular formula is C21H21F2NO5. The van der Waals surface area contributed by atoms with Gasteiger partial charge in [0.05, 0.1) is 0 Å². The van der Waals surface area contributed by atoms with Crippen LogP contribution < -0.4 is 19.5 Å². The van der Waals surface area contributed by atoms with Crippen molar-refractivity contribution in [2.75, 3.05) is 33.2 Å². The average Bonchev–Trinajstić information content (AvgIpc) is 3.20. The zero-order valence-electron chi connectivity index (χ0n) is 15.7. The maximum atomic E-state index is 13.6. The van der Waals surface area contributed by atoms with E-state index in [1.807, 2.05) is 18.2 Å². The lowest BCUT2D eigenvalue weighted by Gasteiger charge is -2.38. The molecule has 0 bridgehead atoms. The van der Waals surface area contributed by atoms with Crippen LogP contribution in [0, 0.1) is 11.6 Å². The Bertz CT molecular complexity index is 899. The molecule has 1 amide bonds. The van der Waals surface area contributed by atoms with Crippen molar-refractivity contribution in [1.29, 1.82) is 0 Å². The lowest BCUT2D eigenvalue weighted by Crippen LogP contribution is -2.45. The SMILES string of the molecule is O=C(COc1ccc(F)cc1F)NCC1(c2ccc3c(c2)OCO3)CCOCC1. The summed E-state index contributed by atoms with van der Waals surface area (Å²) in [6.45, 7) is 1.38. The summed E-state index contributed by atoms with van der Waals surface area (Å²) in [4.78, 5) is 12.3. The maximum Gasteiger partial charge on any atom is 0.257 e. The molecule has 0 unspecified atom stereocenters. The molecule has 0 saturated carbocycles. The van der Waals surface area contributed by atoms with Crippen molar-refractivity contribution in [3.05, 3.63) is 53.6 Å². The van der Waals surface area contributed by atoms with Crippen molar-refractivity contribution in [1.82, 2.24) is 5.32 Å². The van der Waals surface area contributed by atoms with E-state index in [2.05, 4.69) is 5.32 Å². The van der Waals surface area contributed by atoms with E-state index >= 15 is 0 Å². The van der Waals surface area contributed by atoms with Crippen LogP contribution in [-0.4, -0.2) is 39.1 Å². The summed E-state index contributed by atoms with van der Waals surface area (Å²) >= 11 is 0. The van der Waals surface area contributed by atoms with E-state index in [0.29, 0.717) is 37.3 Å². The minimum atomic E-state index is -0.848. The van der Waals surface area contributed by atoms with Crippen LogP contribution >= 0.6 is 0 Å². The minimum Gasteiger partial charge on any atom is -0.481 e. The normalized spacial score (nSPS) is 17.0. The van der Waals surface area contributed by atoms with Gasteiger partial charge >= 0.3 is 0 Å². The van der Waals surface area contributed by atoms with Crippen molar-refractivity contribution in [3.63, 3.8) is 0 Å². The monoisotopic (exact) mass is 405 g/mol. The highest BCUT2D eigenvalue weighted by Crippen LogP contribution is 2.40. The first-order valence-electron chi connectivity index (χ1n) is 9.38. The Balaban J connectivity index is 1.41. The van der Waals surface area contributed by atoms with Gasteiger partial charge in [-0.1, -0.05) is 6.07 Å². The van der Waals surface area contributed by atoms with Crippen LogP contribution in [0.15, 0.2) is 36.4 Å². The van der Waals surface area contributed by atoms with Crippen molar-refractivity contribution >= 4 is 5.91 Å². The number of benzene rings is 2. The number of halogens is 2. The fourth-order valence-corrected chi connectivity index (χ4v) is 3.61. The minimum absolute atomic E-state index is 0.168. The molecule has 1 N–H and O–H groups in total. The second kappa shape index (κ2) is 8.24. The molecule has 2 heterocycles. The number of hydrogen-bond acceptors (Lipinski definition) is 5. The summed E-state index contributed by atoms with van der Waals surface area (Å²) in [5, 5.41) is 2.87. The number of ether oxygens (including phenoxy) is 4. The standard InChI is InChI=1S/C21H21F2NO5/c22-15-2-4-17(16(23)10-15)27-11-20(25)24-12-21(5-7-26-8-6-21)14-1-3-18-19(9-14)29-13-28-18/h1-4,9-10H,5-8,11-13H2,(H,24,25). The molecule has 0 aliphatic carbocycles. The van der Waals surface area contributed by atoms with E-state index in [-0.39, 0.29) is 30.5 Å². The van der Waals surface area contributed by atoms with Crippen molar-refractivity contribution in [3.8, 4) is 17.2 Å². The summed E-state index contributed by atoms with van der Waals surface area (Å²) in [5.41, 5.74) is 0.728. The Morgan fingerprint density at radius 1 is 1.07 bits per heavy atom. The van der Waals surface area contributed by atoms with Gasteiger partial charge in [-0.25, -0.2) is 8.78 Å². The number of carbonyl (C=O) groups is 1. The lowest BCUT2D eigenvalue weighted by atomic mass is 9.74. The molecule has 154 valence electrons. The van der Waals surface area contributed by atoms with Gasteiger partial charge in [0.15, 0.2) is 29.7 Å². The molecule has 0 spiro atoms. The molecule has 4 rings (SSSR count). The molecule has 2 aliphatic rings. The largest absolute Gasteiger partial charge is 0.481 e. The van der Waals surface area contributed by atoms with Crippen LogP contribution in [0.25, 0.3) is 0 Å². The Morgan fingerprint density at radius 3 is 2.66 bits per heavy atom. The number of carbonyl (C=O) groups excluding carboxylic acids is 1. The first kappa shape index (κ1) is 19.4. The third-order valence-corrected chi connectivity index (χ3v) is 5.31. The highest BCUT2D eigenvalue weighted by molar-refractivity contribution is 5.77. The molecule has 1 fully saturated rings. The fraction of sp³-hybridized carbons (Fsp3) is 0.381. The summed E-state index contributed by atoms with van der Waals surface area (Å²) in [6.07, 6.45) is 1.47. The van der Waals surface area contributed by atoms with Crippen LogP contribution in [0.2, 0.25) is 0 Å². The van der Waals surface area contributed by atoms with Crippen LogP contribution in [0.1, 0.15) is 18.4 Å². The van der Waals surface area contributed by atoms with Crippen molar-refractivity contribution in [2.45, 2.75) is 18.3 Å². The number of nitrogens with one attached hydrogen (secondary N) is 1. The van der Waals surface area contributed by atoms with Crippen LogP contribution in [-0.2, 0) is 14.9 Å². The van der Waals surface area contributed by atoms with Crippen LogP contribution in [0.5, 0.6) is 17.2 Å². The van der Waals surface area contributed by atoms with Gasteiger partial charge in [0.2, 0.25) is 6.79 Å². The predicted molar refractivity (Wildman–Crippen MR) is 99.2 cm³/mol. The van der Waals surface area contributed by atoms with E-state index in [1.165, 1.54) is 0 Å². The Labute approximate surface area is 166 Å². The third kappa shape index (κ3) is 4.27. The Morgan fingerprint density at radius 2 is 1.86 bits per heavy atom.